The van der Waals surface area contributed by atoms with E-state index in [1.807, 2.05) is 30.3 Å². The maximum absolute atomic E-state index is 13.7. The van der Waals surface area contributed by atoms with E-state index in [1.165, 1.54) is 4.90 Å². The van der Waals surface area contributed by atoms with E-state index in [0.29, 0.717) is 23.1 Å². The maximum atomic E-state index is 13.7. The fourth-order valence-electron chi connectivity index (χ4n) is 6.56. The Hall–Kier alpha value is -3.74. The number of hydrogen-bond donors (Lipinski definition) is 1. The summed E-state index contributed by atoms with van der Waals surface area (Å²) in [6, 6.07) is 14.9. The van der Waals surface area contributed by atoms with Crippen LogP contribution >= 0.6 is 0 Å². The molecule has 0 radical (unpaired) electrons. The summed E-state index contributed by atoms with van der Waals surface area (Å²) >= 11 is 0. The van der Waals surface area contributed by atoms with Crippen molar-refractivity contribution in [2.24, 2.45) is 35.5 Å². The van der Waals surface area contributed by atoms with Crippen LogP contribution in [0.4, 0.5) is 5.69 Å². The number of esters is 1. The zero-order valence-corrected chi connectivity index (χ0v) is 20.0. The summed E-state index contributed by atoms with van der Waals surface area (Å²) in [4.78, 5) is 54.2. The summed E-state index contributed by atoms with van der Waals surface area (Å²) in [7, 11) is 0. The monoisotopic (exact) mass is 484 g/mol. The first kappa shape index (κ1) is 22.7. The Morgan fingerprint density at radius 2 is 1.56 bits per heavy atom. The third kappa shape index (κ3) is 3.65. The number of nitrogens with zero attached hydrogens (tertiary/aromatic N) is 1. The molecule has 5 aliphatic rings. The fourth-order valence-corrected chi connectivity index (χ4v) is 6.56. The summed E-state index contributed by atoms with van der Waals surface area (Å²) in [6.07, 6.45) is 5.59. The van der Waals surface area contributed by atoms with Gasteiger partial charge in [-0.05, 0) is 66.8 Å². The van der Waals surface area contributed by atoms with Crippen LogP contribution in [0.15, 0.2) is 66.7 Å². The van der Waals surface area contributed by atoms with E-state index in [2.05, 4.69) is 17.5 Å². The van der Waals surface area contributed by atoms with Crippen molar-refractivity contribution in [1.82, 2.24) is 4.90 Å². The number of anilines is 1. The molecular formula is C29H28N2O5. The van der Waals surface area contributed by atoms with Crippen molar-refractivity contribution in [3.8, 4) is 0 Å². The van der Waals surface area contributed by atoms with Gasteiger partial charge in [-0.1, -0.05) is 42.5 Å². The van der Waals surface area contributed by atoms with E-state index < -0.39 is 17.9 Å². The fraction of sp³-hybridized carbons (Fsp3) is 0.379. The Labute approximate surface area is 209 Å². The lowest BCUT2D eigenvalue weighted by molar-refractivity contribution is -0.146. The molecule has 2 aromatic rings. The van der Waals surface area contributed by atoms with Crippen LogP contribution in [0.1, 0.15) is 29.3 Å². The first-order valence-corrected chi connectivity index (χ1v) is 12.6. The normalized spacial score (nSPS) is 30.0. The molecule has 1 N–H and O–H groups in total. The zero-order valence-electron chi connectivity index (χ0n) is 20.0. The number of ether oxygens (including phenoxy) is 1. The van der Waals surface area contributed by atoms with Crippen molar-refractivity contribution in [2.45, 2.75) is 25.8 Å². The number of imide groups is 1. The predicted octanol–water partition coefficient (Wildman–Crippen LogP) is 3.47. The van der Waals surface area contributed by atoms with Crippen LogP contribution in [0.25, 0.3) is 0 Å². The molecule has 7 rings (SSSR count). The van der Waals surface area contributed by atoms with Gasteiger partial charge in [-0.2, -0.15) is 0 Å². The lowest BCUT2D eigenvalue weighted by Gasteiger charge is -2.37. The SMILES string of the molecule is CCOC(=O)c1ccc(NC(=O)[C@H](Cc2ccccc2)N2C(=O)[C@@H]3[C@H]4C=C[C@@H]([C@@H]5C[C@@H]45)[C@H]3C2=O)cc1. The van der Waals surface area contributed by atoms with Gasteiger partial charge < -0.3 is 10.1 Å². The Bertz CT molecular complexity index is 1220. The second-order valence-corrected chi connectivity index (χ2v) is 10.2. The van der Waals surface area contributed by atoms with Gasteiger partial charge in [-0.25, -0.2) is 4.79 Å². The molecule has 1 aliphatic heterocycles. The molecule has 0 aromatic heterocycles. The highest BCUT2D eigenvalue weighted by molar-refractivity contribution is 6.10. The molecule has 3 fully saturated rings. The molecule has 2 saturated carbocycles. The van der Waals surface area contributed by atoms with Crippen LogP contribution in [0.5, 0.6) is 0 Å². The van der Waals surface area contributed by atoms with Crippen LogP contribution in [-0.4, -0.2) is 41.2 Å². The topological polar surface area (TPSA) is 92.8 Å². The molecule has 36 heavy (non-hydrogen) atoms. The third-order valence-electron chi connectivity index (χ3n) is 8.25. The van der Waals surface area contributed by atoms with Crippen molar-refractivity contribution >= 4 is 29.4 Å². The molecule has 1 saturated heterocycles. The van der Waals surface area contributed by atoms with Gasteiger partial charge >= 0.3 is 5.97 Å². The second-order valence-electron chi connectivity index (χ2n) is 10.2. The van der Waals surface area contributed by atoms with Crippen molar-refractivity contribution in [2.75, 3.05) is 11.9 Å². The Morgan fingerprint density at radius 3 is 2.14 bits per heavy atom. The standard InChI is InChI=1S/C29H28N2O5/c1-2-36-29(35)17-8-10-18(11-9-17)30-26(32)23(14-16-6-4-3-5-7-16)31-27(33)24-19-12-13-20(22-15-21(19)22)25(24)28(31)34/h3-13,19-25H,2,14-15H2,1H3,(H,30,32)/t19-,20-,21-,22-,23-,24+,25+/m0/s1. The van der Waals surface area contributed by atoms with E-state index in [4.69, 9.17) is 4.74 Å². The highest BCUT2D eigenvalue weighted by atomic mass is 16.5. The molecule has 2 aromatic carbocycles. The van der Waals surface area contributed by atoms with Crippen LogP contribution in [0.2, 0.25) is 0 Å². The van der Waals surface area contributed by atoms with Gasteiger partial charge in [0.15, 0.2) is 0 Å². The molecular weight excluding hydrogens is 456 g/mol. The van der Waals surface area contributed by atoms with Gasteiger partial charge in [0.1, 0.15) is 6.04 Å². The van der Waals surface area contributed by atoms with E-state index in [0.717, 1.165) is 12.0 Å². The van der Waals surface area contributed by atoms with Crippen LogP contribution in [-0.2, 0) is 25.5 Å². The summed E-state index contributed by atoms with van der Waals surface area (Å²) < 4.78 is 5.01. The molecule has 7 nitrogen and oxygen atoms in total. The van der Waals surface area contributed by atoms with Crippen molar-refractivity contribution in [3.05, 3.63) is 77.9 Å². The van der Waals surface area contributed by atoms with Gasteiger partial charge in [0, 0.05) is 12.1 Å². The van der Waals surface area contributed by atoms with E-state index in [1.54, 1.807) is 31.2 Å². The van der Waals surface area contributed by atoms with Gasteiger partial charge in [0.05, 0.1) is 24.0 Å². The zero-order chi connectivity index (χ0) is 25.0. The van der Waals surface area contributed by atoms with Gasteiger partial charge in [-0.3, -0.25) is 19.3 Å². The van der Waals surface area contributed by atoms with E-state index >= 15 is 0 Å². The number of carbonyl (C=O) groups excluding carboxylic acids is 4. The Morgan fingerprint density at radius 1 is 0.944 bits per heavy atom. The largest absolute Gasteiger partial charge is 0.462 e. The number of allylic oxidation sites excluding steroid dienone is 2. The first-order chi connectivity index (χ1) is 17.5. The van der Waals surface area contributed by atoms with Crippen molar-refractivity contribution in [1.29, 1.82) is 0 Å². The molecule has 0 spiro atoms. The van der Waals surface area contributed by atoms with Crippen LogP contribution in [0, 0.1) is 35.5 Å². The molecule has 184 valence electrons. The molecule has 0 unspecified atom stereocenters. The minimum atomic E-state index is -0.960. The van der Waals surface area contributed by atoms with Gasteiger partial charge in [-0.15, -0.1) is 0 Å². The average molecular weight is 485 g/mol. The number of nitrogens with one attached hydrogen (secondary N) is 1. The summed E-state index contributed by atoms with van der Waals surface area (Å²) in [5.74, 6) is -0.813. The Kier molecular flexibility index (Phi) is 5.51. The first-order valence-electron chi connectivity index (χ1n) is 12.6. The molecule has 7 heteroatoms. The molecule has 4 aliphatic carbocycles. The molecule has 3 amide bonds. The summed E-state index contributed by atoms with van der Waals surface area (Å²) in [5.41, 5.74) is 1.73. The summed E-state index contributed by atoms with van der Waals surface area (Å²) in [6.45, 7) is 2.01. The van der Waals surface area contributed by atoms with Crippen LogP contribution in [0.3, 0.4) is 0 Å². The number of hydrogen-bond acceptors (Lipinski definition) is 5. The lowest BCUT2D eigenvalue weighted by Crippen LogP contribution is -2.49. The maximum Gasteiger partial charge on any atom is 0.338 e. The number of benzene rings is 2. The van der Waals surface area contributed by atoms with Crippen molar-refractivity contribution < 1.29 is 23.9 Å². The van der Waals surface area contributed by atoms with Crippen molar-refractivity contribution in [3.63, 3.8) is 0 Å². The predicted molar refractivity (Wildman–Crippen MR) is 132 cm³/mol. The molecule has 7 atom stereocenters. The lowest BCUT2D eigenvalue weighted by atomic mass is 9.63. The quantitative estimate of drug-likeness (QED) is 0.369. The average Bonchev–Trinajstić information content (AvgIpc) is 3.67. The minimum Gasteiger partial charge on any atom is -0.462 e. The van der Waals surface area contributed by atoms with Gasteiger partial charge in [0.2, 0.25) is 17.7 Å². The molecule has 1 heterocycles. The number of rotatable bonds is 7. The highest BCUT2D eigenvalue weighted by Gasteiger charge is 2.67. The minimum absolute atomic E-state index is 0.0994. The highest BCUT2D eigenvalue weighted by Crippen LogP contribution is 2.65. The Balaban J connectivity index is 1.27. The number of likely N-dealkylation sites (tertiary alicyclic amines) is 1. The van der Waals surface area contributed by atoms with Crippen LogP contribution < -0.4 is 5.32 Å². The second kappa shape index (κ2) is 8.73. The van der Waals surface area contributed by atoms with Gasteiger partial charge in [0.25, 0.3) is 0 Å². The smallest absolute Gasteiger partial charge is 0.338 e. The number of amides is 3. The summed E-state index contributed by atoms with van der Waals surface area (Å²) in [5, 5.41) is 2.86. The van der Waals surface area contributed by atoms with E-state index in [-0.39, 0.29) is 48.5 Å². The third-order valence-corrected chi connectivity index (χ3v) is 8.25. The van der Waals surface area contributed by atoms with E-state index in [9.17, 15) is 19.2 Å². The number of carbonyl (C=O) groups is 4. The molecule has 2 bridgehead atoms.